The molecule has 2 N–H and O–H groups in total. The van der Waals surface area contributed by atoms with E-state index in [1.807, 2.05) is 0 Å². The Morgan fingerprint density at radius 3 is 2.03 bits per heavy atom. The molecule has 2 aromatic heterocycles. The van der Waals surface area contributed by atoms with Gasteiger partial charge in [-0.1, -0.05) is 74.8 Å². The van der Waals surface area contributed by atoms with E-state index in [2.05, 4.69) is 29.0 Å². The predicted octanol–water partition coefficient (Wildman–Crippen LogP) is 3.72. The molecule has 0 aromatic carbocycles. The quantitative estimate of drug-likeness (QED) is 0.206. The van der Waals surface area contributed by atoms with E-state index in [0.717, 1.165) is 38.5 Å². The van der Waals surface area contributed by atoms with E-state index in [-0.39, 0.29) is 15.3 Å². The summed E-state index contributed by atoms with van der Waals surface area (Å²) < 4.78 is 12.0. The van der Waals surface area contributed by atoms with E-state index >= 15 is 0 Å². The van der Waals surface area contributed by atoms with E-state index in [1.165, 1.54) is 38.5 Å². The molecule has 2 heterocycles. The minimum absolute atomic E-state index is 0.0664. The summed E-state index contributed by atoms with van der Waals surface area (Å²) in [4.78, 5) is 64.6. The van der Waals surface area contributed by atoms with Crippen molar-refractivity contribution in [2.75, 3.05) is 0 Å². The second-order valence-corrected chi connectivity index (χ2v) is 9.38. The van der Waals surface area contributed by atoms with Crippen LogP contribution in [0.15, 0.2) is 26.5 Å². The van der Waals surface area contributed by atoms with E-state index in [9.17, 15) is 28.6 Å². The number of aromatic nitrogens is 4. The van der Waals surface area contributed by atoms with Crippen molar-refractivity contribution in [3.63, 3.8) is 0 Å². The van der Waals surface area contributed by atoms with Crippen LogP contribution in [0.3, 0.4) is 0 Å². The average Bonchev–Trinajstić information content (AvgIpc) is 3.17. The molecular weight excluding hydrogens is 459 g/mol. The number of allylic oxidation sites excluding steroid dienone is 2. The van der Waals surface area contributed by atoms with Crippen molar-refractivity contribution in [2.45, 2.75) is 96.8 Å². The molecule has 188 valence electrons. The molecular formula is C23H35N4O6P. The van der Waals surface area contributed by atoms with E-state index in [0.29, 0.717) is 6.42 Å². The van der Waals surface area contributed by atoms with Crippen LogP contribution >= 0.6 is 8.18 Å². The molecule has 1 unspecified atom stereocenters. The molecule has 0 bridgehead atoms. The summed E-state index contributed by atoms with van der Waals surface area (Å²) in [6, 6.07) is 0. The van der Waals surface area contributed by atoms with Crippen molar-refractivity contribution in [2.24, 2.45) is 0 Å². The van der Waals surface area contributed by atoms with E-state index in [4.69, 9.17) is 0 Å². The van der Waals surface area contributed by atoms with Gasteiger partial charge in [0.2, 0.25) is 5.91 Å². The molecule has 0 spiro atoms. The van der Waals surface area contributed by atoms with Gasteiger partial charge in [-0.3, -0.25) is 19.6 Å². The van der Waals surface area contributed by atoms with Gasteiger partial charge in [-0.05, 0) is 36.7 Å². The molecule has 0 aliphatic carbocycles. The van der Waals surface area contributed by atoms with Crippen LogP contribution in [0.25, 0.3) is 11.2 Å². The van der Waals surface area contributed by atoms with Gasteiger partial charge in [0.1, 0.15) is 0 Å². The molecule has 0 fully saturated rings. The van der Waals surface area contributed by atoms with Gasteiger partial charge in [-0.15, -0.1) is 0 Å². The Labute approximate surface area is 199 Å². The fourth-order valence-electron chi connectivity index (χ4n) is 3.91. The van der Waals surface area contributed by atoms with Crippen molar-refractivity contribution in [3.8, 4) is 0 Å². The Kier molecular flexibility index (Phi) is 11.9. The number of hydrogen-bond donors (Lipinski definition) is 2. The lowest BCUT2D eigenvalue weighted by Crippen LogP contribution is -2.43. The molecule has 0 aliphatic rings. The number of unbranched alkanes of at least 4 members (excludes halogenated alkanes) is 11. The Morgan fingerprint density at radius 1 is 0.882 bits per heavy atom. The molecule has 0 radical (unpaired) electrons. The highest BCUT2D eigenvalue weighted by molar-refractivity contribution is 7.34. The zero-order valence-electron chi connectivity index (χ0n) is 19.8. The Bertz CT molecular complexity index is 1160. The minimum atomic E-state index is -3.49. The van der Waals surface area contributed by atoms with Crippen molar-refractivity contribution < 1.29 is 14.3 Å². The Balaban J connectivity index is 1.72. The number of hydrogen-bond acceptors (Lipinski definition) is 6. The molecule has 34 heavy (non-hydrogen) atoms. The van der Waals surface area contributed by atoms with Gasteiger partial charge in [0.15, 0.2) is 11.2 Å². The van der Waals surface area contributed by atoms with Crippen molar-refractivity contribution in [3.05, 3.63) is 43.5 Å². The first-order valence-electron chi connectivity index (χ1n) is 12.2. The first-order valence-corrected chi connectivity index (χ1v) is 13.3. The highest BCUT2D eigenvalue weighted by atomic mass is 31.1. The monoisotopic (exact) mass is 494 g/mol. The zero-order chi connectivity index (χ0) is 24.9. The van der Waals surface area contributed by atoms with Crippen LogP contribution < -0.4 is 21.8 Å². The predicted molar refractivity (Wildman–Crippen MR) is 131 cm³/mol. The fraction of sp³-hybridized carbons (Fsp3) is 0.652. The highest BCUT2D eigenvalue weighted by Crippen LogP contribution is 2.14. The number of imidazole rings is 1. The number of carbonyl (C=O) groups excluding carboxylic acids is 1. The zero-order valence-corrected chi connectivity index (χ0v) is 20.7. The second kappa shape index (κ2) is 14.6. The number of nitrogens with zero attached hydrogens (tertiary/aromatic N) is 2. The minimum Gasteiger partial charge on any atom is -0.572 e. The highest BCUT2D eigenvalue weighted by Gasteiger charge is 2.25. The number of aromatic amines is 2. The number of carbonyl (C=O) groups is 1. The van der Waals surface area contributed by atoms with Crippen LogP contribution in [0.4, 0.5) is 0 Å². The van der Waals surface area contributed by atoms with Crippen LogP contribution in [-0.2, 0) is 4.57 Å². The molecule has 2 rings (SSSR count). The maximum Gasteiger partial charge on any atom is 0.451 e. The summed E-state index contributed by atoms with van der Waals surface area (Å²) in [6.07, 6.45) is 18.7. The van der Waals surface area contributed by atoms with E-state index in [1.54, 1.807) is 0 Å². The SMILES string of the molecule is CCCCCCCC/C=C\CCCCCCCC(=O)n1c(=O)c2[nH]c(=O)[nH]c2n([P+](=O)[O-])c1=O. The van der Waals surface area contributed by atoms with Gasteiger partial charge >= 0.3 is 19.6 Å². The molecule has 0 saturated carbocycles. The fourth-order valence-corrected chi connectivity index (χ4v) is 4.45. The number of fused-ring (bicyclic) bond motifs is 1. The van der Waals surface area contributed by atoms with Crippen LogP contribution in [-0.4, -0.2) is 24.8 Å². The maximum absolute atomic E-state index is 12.5. The molecule has 11 heteroatoms. The summed E-state index contributed by atoms with van der Waals surface area (Å²) in [5.41, 5.74) is -4.09. The third kappa shape index (κ3) is 8.02. The van der Waals surface area contributed by atoms with Gasteiger partial charge in [0, 0.05) is 6.42 Å². The molecule has 0 saturated heterocycles. The largest absolute Gasteiger partial charge is 0.572 e. The summed E-state index contributed by atoms with van der Waals surface area (Å²) in [7, 11) is -3.49. The van der Waals surface area contributed by atoms with Gasteiger partial charge in [-0.25, -0.2) is 9.59 Å². The van der Waals surface area contributed by atoms with Gasteiger partial charge in [0.25, 0.3) is 5.56 Å². The van der Waals surface area contributed by atoms with Crippen molar-refractivity contribution in [1.82, 2.24) is 18.9 Å². The van der Waals surface area contributed by atoms with Crippen molar-refractivity contribution >= 4 is 25.2 Å². The molecule has 2 aromatic rings. The summed E-state index contributed by atoms with van der Waals surface area (Å²) in [5.74, 6) is -0.790. The number of nitrogens with one attached hydrogen (secondary N) is 2. The molecule has 0 aliphatic heterocycles. The van der Waals surface area contributed by atoms with Gasteiger partial charge in [-0.2, -0.15) is 4.57 Å². The normalized spacial score (nSPS) is 12.1. The van der Waals surface area contributed by atoms with E-state index < -0.39 is 42.2 Å². The number of H-pyrrole nitrogens is 2. The lowest BCUT2D eigenvalue weighted by molar-refractivity contribution is -0.166. The lowest BCUT2D eigenvalue weighted by atomic mass is 10.1. The van der Waals surface area contributed by atoms with Gasteiger partial charge < -0.3 is 4.89 Å². The standard InChI is InChI=1S/C23H35N4O6P/c1-2-3-4-5-6-7-8-9-10-11-12-13-14-15-16-17-18(28)26-21(29)19-20(25-22(30)24-19)27(23(26)31)34(32)33/h9-10H,2-8,11-17H2,1H3,(H2,24,25,30)/b10-9-. The Hall–Kier alpha value is -2.58. The maximum atomic E-state index is 12.5. The van der Waals surface area contributed by atoms with Crippen LogP contribution in [0, 0.1) is 0 Å². The third-order valence-electron chi connectivity index (χ3n) is 5.77. The topological polar surface area (TPSA) is 150 Å². The number of rotatable bonds is 16. The van der Waals surface area contributed by atoms with Gasteiger partial charge in [0.05, 0.1) is 0 Å². The summed E-state index contributed by atoms with van der Waals surface area (Å²) >= 11 is 0. The summed E-state index contributed by atoms with van der Waals surface area (Å²) in [6.45, 7) is 2.22. The molecule has 1 atom stereocenters. The third-order valence-corrected chi connectivity index (χ3v) is 6.47. The Morgan fingerprint density at radius 2 is 1.44 bits per heavy atom. The first kappa shape index (κ1) is 27.7. The summed E-state index contributed by atoms with van der Waals surface area (Å²) in [5, 5.41) is 0. The average molecular weight is 495 g/mol. The van der Waals surface area contributed by atoms with Crippen LogP contribution in [0.1, 0.15) is 102 Å². The smallest absolute Gasteiger partial charge is 0.451 e. The first-order chi connectivity index (χ1) is 16.4. The molecule has 0 amide bonds. The molecule has 10 nitrogen and oxygen atoms in total. The van der Waals surface area contributed by atoms with Crippen LogP contribution in [0.5, 0.6) is 0 Å². The van der Waals surface area contributed by atoms with Crippen molar-refractivity contribution in [1.29, 1.82) is 0 Å². The lowest BCUT2D eigenvalue weighted by Gasteiger charge is -2.05. The second-order valence-electron chi connectivity index (χ2n) is 8.50. The van der Waals surface area contributed by atoms with Crippen LogP contribution in [0.2, 0.25) is 0 Å².